The second kappa shape index (κ2) is 5.41. The number of hydrogen-bond acceptors (Lipinski definition) is 3. The number of hydrogen-bond donors (Lipinski definition) is 2. The molecule has 16 heavy (non-hydrogen) atoms. The van der Waals surface area contributed by atoms with Crippen molar-refractivity contribution in [1.29, 1.82) is 0 Å². The lowest BCUT2D eigenvalue weighted by molar-refractivity contribution is -0.126. The quantitative estimate of drug-likeness (QED) is 0.776. The fourth-order valence-electron chi connectivity index (χ4n) is 2.08. The largest absolute Gasteiger partial charge is 0.353 e. The molecular formula is C12H24N2OS. The number of amides is 1. The second-order valence-corrected chi connectivity index (χ2v) is 6.32. The highest BCUT2D eigenvalue weighted by atomic mass is 32.2. The van der Waals surface area contributed by atoms with E-state index >= 15 is 0 Å². The van der Waals surface area contributed by atoms with Crippen molar-refractivity contribution in [1.82, 2.24) is 5.32 Å². The van der Waals surface area contributed by atoms with Gasteiger partial charge in [-0.25, -0.2) is 0 Å². The Labute approximate surface area is 103 Å². The third kappa shape index (κ3) is 3.14. The smallest absolute Gasteiger partial charge is 0.239 e. The third-order valence-corrected chi connectivity index (χ3v) is 5.19. The number of carbonyl (C=O) groups excluding carboxylic acids is 1. The van der Waals surface area contributed by atoms with E-state index in [-0.39, 0.29) is 10.7 Å². The van der Waals surface area contributed by atoms with E-state index in [9.17, 15) is 4.79 Å². The summed E-state index contributed by atoms with van der Waals surface area (Å²) < 4.78 is 0.263. The molecule has 0 aromatic heterocycles. The summed E-state index contributed by atoms with van der Waals surface area (Å²) in [6.45, 7) is 4.50. The highest BCUT2D eigenvalue weighted by Crippen LogP contribution is 2.39. The van der Waals surface area contributed by atoms with Crippen LogP contribution in [-0.4, -0.2) is 29.0 Å². The number of carbonyl (C=O) groups is 1. The van der Waals surface area contributed by atoms with Crippen molar-refractivity contribution in [2.45, 2.75) is 56.2 Å². The molecule has 3 nitrogen and oxygen atoms in total. The van der Waals surface area contributed by atoms with Crippen molar-refractivity contribution in [2.24, 2.45) is 5.73 Å². The lowest BCUT2D eigenvalue weighted by atomic mass is 9.99. The summed E-state index contributed by atoms with van der Waals surface area (Å²) >= 11 is 1.88. The van der Waals surface area contributed by atoms with Crippen molar-refractivity contribution >= 4 is 17.7 Å². The average molecular weight is 244 g/mol. The maximum Gasteiger partial charge on any atom is 0.239 e. The van der Waals surface area contributed by atoms with Crippen LogP contribution in [0.1, 0.15) is 46.0 Å². The minimum atomic E-state index is -0.724. The summed E-state index contributed by atoms with van der Waals surface area (Å²) in [5.74, 6) is -0.0182. The normalized spacial score (nSPS) is 22.8. The van der Waals surface area contributed by atoms with Crippen LogP contribution >= 0.6 is 11.8 Å². The van der Waals surface area contributed by atoms with Crippen LogP contribution in [0.3, 0.4) is 0 Å². The van der Waals surface area contributed by atoms with Gasteiger partial charge in [-0.2, -0.15) is 11.8 Å². The van der Waals surface area contributed by atoms with E-state index in [1.807, 2.05) is 18.7 Å². The zero-order chi connectivity index (χ0) is 12.2. The maximum absolute atomic E-state index is 11.9. The van der Waals surface area contributed by atoms with Crippen LogP contribution in [0.4, 0.5) is 0 Å². The first-order valence-electron chi connectivity index (χ1n) is 6.08. The van der Waals surface area contributed by atoms with Crippen molar-refractivity contribution in [3.05, 3.63) is 0 Å². The van der Waals surface area contributed by atoms with Crippen molar-refractivity contribution in [2.75, 3.05) is 12.8 Å². The Kier molecular flexibility index (Phi) is 4.68. The summed E-state index contributed by atoms with van der Waals surface area (Å²) in [4.78, 5) is 11.9. The highest BCUT2D eigenvalue weighted by Gasteiger charge is 2.35. The topological polar surface area (TPSA) is 55.1 Å². The van der Waals surface area contributed by atoms with Gasteiger partial charge in [-0.15, -0.1) is 0 Å². The summed E-state index contributed by atoms with van der Waals surface area (Å²) in [7, 11) is 0. The van der Waals surface area contributed by atoms with Gasteiger partial charge in [0, 0.05) is 11.3 Å². The van der Waals surface area contributed by atoms with Crippen LogP contribution in [0, 0.1) is 0 Å². The molecule has 1 aliphatic carbocycles. The van der Waals surface area contributed by atoms with E-state index in [0.717, 1.165) is 6.54 Å². The SMILES string of the molecule is CCC(C)(N)C(=O)NCC1(SC)CCCC1. The van der Waals surface area contributed by atoms with E-state index in [0.29, 0.717) is 6.42 Å². The lowest BCUT2D eigenvalue weighted by Gasteiger charge is -2.29. The molecule has 0 aliphatic heterocycles. The standard InChI is InChI=1S/C12H24N2OS/c1-4-11(2,13)10(15)14-9-12(16-3)7-5-6-8-12/h4-9,13H2,1-3H3,(H,14,15). The Morgan fingerprint density at radius 2 is 2.06 bits per heavy atom. The van der Waals surface area contributed by atoms with Gasteiger partial charge in [0.15, 0.2) is 0 Å². The molecule has 1 rings (SSSR count). The number of thioether (sulfide) groups is 1. The fraction of sp³-hybridized carbons (Fsp3) is 0.917. The van der Waals surface area contributed by atoms with Gasteiger partial charge >= 0.3 is 0 Å². The van der Waals surface area contributed by atoms with Crippen LogP contribution in [0.25, 0.3) is 0 Å². The zero-order valence-electron chi connectivity index (χ0n) is 10.6. The molecule has 0 aromatic rings. The van der Waals surface area contributed by atoms with E-state index in [1.54, 1.807) is 6.92 Å². The molecule has 3 N–H and O–H groups in total. The Balaban J connectivity index is 2.47. The lowest BCUT2D eigenvalue weighted by Crippen LogP contribution is -2.53. The average Bonchev–Trinajstić information content (AvgIpc) is 2.75. The van der Waals surface area contributed by atoms with Crippen LogP contribution in [0.5, 0.6) is 0 Å². The summed E-state index contributed by atoms with van der Waals surface area (Å²) in [6, 6.07) is 0. The first-order valence-corrected chi connectivity index (χ1v) is 7.30. The Morgan fingerprint density at radius 1 is 1.50 bits per heavy atom. The van der Waals surface area contributed by atoms with Gasteiger partial charge in [0.2, 0.25) is 5.91 Å². The molecule has 0 saturated heterocycles. The Hall–Kier alpha value is -0.220. The number of rotatable bonds is 5. The van der Waals surface area contributed by atoms with Gasteiger partial charge in [-0.1, -0.05) is 19.8 Å². The molecule has 0 spiro atoms. The second-order valence-electron chi connectivity index (χ2n) is 5.05. The Morgan fingerprint density at radius 3 is 2.50 bits per heavy atom. The molecule has 1 aliphatic rings. The molecule has 94 valence electrons. The van der Waals surface area contributed by atoms with Crippen molar-refractivity contribution < 1.29 is 4.79 Å². The molecule has 4 heteroatoms. The minimum absolute atomic E-state index is 0.0182. The van der Waals surface area contributed by atoms with Crippen LogP contribution in [-0.2, 0) is 4.79 Å². The van der Waals surface area contributed by atoms with Crippen molar-refractivity contribution in [3.8, 4) is 0 Å². The van der Waals surface area contributed by atoms with Gasteiger partial charge in [-0.3, -0.25) is 4.79 Å². The Bertz CT molecular complexity index is 247. The molecular weight excluding hydrogens is 220 g/mol. The zero-order valence-corrected chi connectivity index (χ0v) is 11.5. The van der Waals surface area contributed by atoms with Crippen LogP contribution < -0.4 is 11.1 Å². The first-order chi connectivity index (χ1) is 7.46. The summed E-state index contributed by atoms with van der Waals surface area (Å²) in [5, 5.41) is 3.02. The molecule has 0 bridgehead atoms. The molecule has 0 heterocycles. The maximum atomic E-state index is 11.9. The van der Waals surface area contributed by atoms with E-state index in [2.05, 4.69) is 11.6 Å². The number of nitrogens with one attached hydrogen (secondary N) is 1. The van der Waals surface area contributed by atoms with E-state index < -0.39 is 5.54 Å². The molecule has 1 unspecified atom stereocenters. The number of nitrogens with two attached hydrogens (primary N) is 1. The predicted octanol–water partition coefficient (Wildman–Crippen LogP) is 1.91. The predicted molar refractivity (Wildman–Crippen MR) is 70.6 cm³/mol. The summed E-state index contributed by atoms with van der Waals surface area (Å²) in [6.07, 6.45) is 7.79. The van der Waals surface area contributed by atoms with Gasteiger partial charge in [0.25, 0.3) is 0 Å². The van der Waals surface area contributed by atoms with Crippen LogP contribution in [0.15, 0.2) is 0 Å². The molecule has 0 aromatic carbocycles. The molecule has 1 amide bonds. The van der Waals surface area contributed by atoms with Gasteiger partial charge in [0.1, 0.15) is 0 Å². The molecule has 1 saturated carbocycles. The van der Waals surface area contributed by atoms with Crippen LogP contribution in [0.2, 0.25) is 0 Å². The monoisotopic (exact) mass is 244 g/mol. The van der Waals surface area contributed by atoms with Gasteiger partial charge < -0.3 is 11.1 Å². The van der Waals surface area contributed by atoms with E-state index in [4.69, 9.17) is 5.73 Å². The fourth-order valence-corrected chi connectivity index (χ4v) is 2.99. The third-order valence-electron chi connectivity index (χ3n) is 3.77. The summed E-state index contributed by atoms with van der Waals surface area (Å²) in [5.41, 5.74) is 5.19. The first kappa shape index (κ1) is 13.8. The van der Waals surface area contributed by atoms with Gasteiger partial charge in [0.05, 0.1) is 5.54 Å². The molecule has 1 atom stereocenters. The van der Waals surface area contributed by atoms with Gasteiger partial charge in [-0.05, 0) is 32.4 Å². The molecule has 1 fully saturated rings. The highest BCUT2D eigenvalue weighted by molar-refractivity contribution is 8.00. The van der Waals surface area contributed by atoms with E-state index in [1.165, 1.54) is 25.7 Å². The van der Waals surface area contributed by atoms with Crippen molar-refractivity contribution in [3.63, 3.8) is 0 Å². The molecule has 0 radical (unpaired) electrons. The minimum Gasteiger partial charge on any atom is -0.353 e.